The maximum absolute atomic E-state index is 13.4. The summed E-state index contributed by atoms with van der Waals surface area (Å²) in [5.41, 5.74) is 0. The second kappa shape index (κ2) is 5.94. The van der Waals surface area contributed by atoms with E-state index in [1.54, 1.807) is 0 Å². The van der Waals surface area contributed by atoms with Gasteiger partial charge in [0.2, 0.25) is 10.0 Å². The van der Waals surface area contributed by atoms with Crippen molar-refractivity contribution >= 4 is 10.0 Å². The molecule has 2 rings (SSSR count). The van der Waals surface area contributed by atoms with Crippen LogP contribution in [-0.4, -0.2) is 28.1 Å². The molecule has 0 aromatic heterocycles. The van der Waals surface area contributed by atoms with E-state index in [4.69, 9.17) is 0 Å². The Morgan fingerprint density at radius 1 is 1.37 bits per heavy atom. The third-order valence-electron chi connectivity index (χ3n) is 3.19. The van der Waals surface area contributed by atoms with Gasteiger partial charge >= 0.3 is 0 Å². The predicted octanol–water partition coefficient (Wildman–Crippen LogP) is 1.24. The first-order chi connectivity index (χ1) is 8.99. The quantitative estimate of drug-likeness (QED) is 0.858. The van der Waals surface area contributed by atoms with Crippen molar-refractivity contribution in [2.45, 2.75) is 17.7 Å². The molecule has 0 saturated carbocycles. The molecule has 1 saturated heterocycles. The zero-order valence-corrected chi connectivity index (χ0v) is 11.1. The minimum atomic E-state index is -3.99. The van der Waals surface area contributed by atoms with Crippen LogP contribution < -0.4 is 10.0 Å². The van der Waals surface area contributed by atoms with Crippen molar-refractivity contribution in [2.75, 3.05) is 19.6 Å². The van der Waals surface area contributed by atoms with Gasteiger partial charge in [-0.15, -0.1) is 0 Å². The molecule has 1 heterocycles. The largest absolute Gasteiger partial charge is 0.316 e. The first-order valence-corrected chi connectivity index (χ1v) is 7.63. The highest BCUT2D eigenvalue weighted by atomic mass is 32.2. The molecule has 4 nitrogen and oxygen atoms in total. The van der Waals surface area contributed by atoms with Crippen LogP contribution in [0, 0.1) is 17.6 Å². The van der Waals surface area contributed by atoms with Crippen LogP contribution in [0.2, 0.25) is 0 Å². The first-order valence-electron chi connectivity index (χ1n) is 6.14. The fourth-order valence-corrected chi connectivity index (χ4v) is 3.25. The lowest BCUT2D eigenvalue weighted by atomic mass is 10.1. The van der Waals surface area contributed by atoms with E-state index in [9.17, 15) is 17.2 Å². The van der Waals surface area contributed by atoms with Gasteiger partial charge < -0.3 is 5.32 Å². The van der Waals surface area contributed by atoms with Crippen LogP contribution >= 0.6 is 0 Å². The molecule has 0 unspecified atom stereocenters. The molecule has 0 radical (unpaired) electrons. The molecule has 106 valence electrons. The molecule has 0 amide bonds. The summed E-state index contributed by atoms with van der Waals surface area (Å²) < 4.78 is 52.4. The molecule has 0 aliphatic carbocycles. The van der Waals surface area contributed by atoms with E-state index in [0.717, 1.165) is 31.6 Å². The Hall–Kier alpha value is -1.05. The average molecular weight is 290 g/mol. The number of benzene rings is 1. The van der Waals surface area contributed by atoms with E-state index >= 15 is 0 Å². The fraction of sp³-hybridized carbons (Fsp3) is 0.500. The van der Waals surface area contributed by atoms with Gasteiger partial charge in [-0.25, -0.2) is 21.9 Å². The third-order valence-corrected chi connectivity index (χ3v) is 4.67. The van der Waals surface area contributed by atoms with Gasteiger partial charge in [-0.2, -0.15) is 0 Å². The summed E-state index contributed by atoms with van der Waals surface area (Å²) >= 11 is 0. The predicted molar refractivity (Wildman–Crippen MR) is 67.1 cm³/mol. The summed E-state index contributed by atoms with van der Waals surface area (Å²) in [6, 6.07) is 2.39. The van der Waals surface area contributed by atoms with Crippen molar-refractivity contribution in [3.63, 3.8) is 0 Å². The maximum atomic E-state index is 13.4. The Morgan fingerprint density at radius 3 is 2.84 bits per heavy atom. The number of sulfonamides is 1. The van der Waals surface area contributed by atoms with E-state index in [1.807, 2.05) is 0 Å². The van der Waals surface area contributed by atoms with Crippen molar-refractivity contribution in [1.82, 2.24) is 10.0 Å². The van der Waals surface area contributed by atoms with Gasteiger partial charge in [0.15, 0.2) is 0 Å². The number of nitrogens with one attached hydrogen (secondary N) is 2. The van der Waals surface area contributed by atoms with Crippen LogP contribution in [0.4, 0.5) is 8.78 Å². The van der Waals surface area contributed by atoms with Crippen LogP contribution in [-0.2, 0) is 10.0 Å². The van der Waals surface area contributed by atoms with Crippen LogP contribution in [0.5, 0.6) is 0 Å². The molecule has 2 N–H and O–H groups in total. The number of hydrogen-bond donors (Lipinski definition) is 2. The average Bonchev–Trinajstić information content (AvgIpc) is 2.85. The Morgan fingerprint density at radius 2 is 2.16 bits per heavy atom. The van der Waals surface area contributed by atoms with Crippen molar-refractivity contribution in [2.24, 2.45) is 5.92 Å². The van der Waals surface area contributed by atoms with E-state index in [2.05, 4.69) is 10.0 Å². The summed E-state index contributed by atoms with van der Waals surface area (Å²) in [7, 11) is -3.99. The number of hydrogen-bond acceptors (Lipinski definition) is 3. The van der Waals surface area contributed by atoms with Crippen LogP contribution in [0.3, 0.4) is 0 Å². The third kappa shape index (κ3) is 3.71. The Labute approximate surface area is 111 Å². The van der Waals surface area contributed by atoms with E-state index in [0.29, 0.717) is 18.4 Å². The molecule has 19 heavy (non-hydrogen) atoms. The van der Waals surface area contributed by atoms with Crippen LogP contribution in [0.25, 0.3) is 0 Å². The summed E-state index contributed by atoms with van der Waals surface area (Å²) in [6.45, 7) is 2.04. The van der Waals surface area contributed by atoms with Gasteiger partial charge in [-0.3, -0.25) is 0 Å². The number of rotatable bonds is 5. The highest BCUT2D eigenvalue weighted by Crippen LogP contribution is 2.16. The molecular formula is C12H16F2N2O2S. The van der Waals surface area contributed by atoms with E-state index in [1.165, 1.54) is 0 Å². The minimum Gasteiger partial charge on any atom is -0.316 e. The molecule has 1 aliphatic heterocycles. The zero-order chi connectivity index (χ0) is 13.9. The van der Waals surface area contributed by atoms with Gasteiger partial charge in [-0.05, 0) is 50.0 Å². The summed E-state index contributed by atoms with van der Waals surface area (Å²) in [5.74, 6) is -1.29. The van der Waals surface area contributed by atoms with Gasteiger partial charge in [0, 0.05) is 6.54 Å². The molecule has 1 aromatic rings. The molecule has 0 bridgehead atoms. The van der Waals surface area contributed by atoms with Crippen LogP contribution in [0.1, 0.15) is 12.8 Å². The second-order valence-electron chi connectivity index (χ2n) is 4.62. The van der Waals surface area contributed by atoms with Crippen molar-refractivity contribution in [3.05, 3.63) is 29.8 Å². The molecule has 7 heteroatoms. The SMILES string of the molecule is O=S(=O)(NCC[C@H]1CCNC1)c1cc(F)ccc1F. The standard InChI is InChI=1S/C12H16F2N2O2S/c13-10-1-2-11(14)12(7-10)19(17,18)16-6-4-9-3-5-15-8-9/h1-2,7,9,15-16H,3-6,8H2/t9-/m1/s1. The molecule has 1 aliphatic rings. The lowest BCUT2D eigenvalue weighted by molar-refractivity contribution is 0.513. The van der Waals surface area contributed by atoms with Gasteiger partial charge in [-0.1, -0.05) is 0 Å². The maximum Gasteiger partial charge on any atom is 0.243 e. The topological polar surface area (TPSA) is 58.2 Å². The first kappa shape index (κ1) is 14.4. The van der Waals surface area contributed by atoms with Gasteiger partial charge in [0.05, 0.1) is 0 Å². The van der Waals surface area contributed by atoms with Gasteiger partial charge in [0.1, 0.15) is 16.5 Å². The van der Waals surface area contributed by atoms with Crippen molar-refractivity contribution < 1.29 is 17.2 Å². The van der Waals surface area contributed by atoms with E-state index < -0.39 is 26.6 Å². The summed E-state index contributed by atoms with van der Waals surface area (Å²) in [5, 5.41) is 3.18. The molecule has 1 aromatic carbocycles. The smallest absolute Gasteiger partial charge is 0.243 e. The van der Waals surface area contributed by atoms with Crippen molar-refractivity contribution in [3.8, 4) is 0 Å². The zero-order valence-electron chi connectivity index (χ0n) is 10.3. The van der Waals surface area contributed by atoms with Gasteiger partial charge in [0.25, 0.3) is 0 Å². The fourth-order valence-electron chi connectivity index (χ4n) is 2.12. The lowest BCUT2D eigenvalue weighted by Gasteiger charge is -2.10. The Bertz CT molecular complexity index is 543. The minimum absolute atomic E-state index is 0.227. The molecule has 1 fully saturated rings. The van der Waals surface area contributed by atoms with Crippen molar-refractivity contribution in [1.29, 1.82) is 0 Å². The summed E-state index contributed by atoms with van der Waals surface area (Å²) in [4.78, 5) is -0.642. The Balaban J connectivity index is 1.99. The second-order valence-corrected chi connectivity index (χ2v) is 6.36. The Kier molecular flexibility index (Phi) is 4.49. The number of halogens is 2. The van der Waals surface area contributed by atoms with Crippen LogP contribution in [0.15, 0.2) is 23.1 Å². The monoisotopic (exact) mass is 290 g/mol. The highest BCUT2D eigenvalue weighted by Gasteiger charge is 2.21. The normalized spacial score (nSPS) is 19.8. The molecular weight excluding hydrogens is 274 g/mol. The molecule has 1 atom stereocenters. The highest BCUT2D eigenvalue weighted by molar-refractivity contribution is 7.89. The molecule has 0 spiro atoms. The lowest BCUT2D eigenvalue weighted by Crippen LogP contribution is -2.27. The van der Waals surface area contributed by atoms with E-state index in [-0.39, 0.29) is 6.54 Å². The summed E-state index contributed by atoms with van der Waals surface area (Å²) in [6.07, 6.45) is 1.69.